The maximum absolute atomic E-state index is 12.3. The van der Waals surface area contributed by atoms with Crippen LogP contribution in [0.15, 0.2) is 0 Å². The molecule has 0 spiro atoms. The van der Waals surface area contributed by atoms with Crippen LogP contribution in [-0.2, 0) is 14.6 Å². The fourth-order valence-corrected chi connectivity index (χ4v) is 4.50. The van der Waals surface area contributed by atoms with Crippen molar-refractivity contribution in [3.63, 3.8) is 0 Å². The molecule has 0 aromatic rings. The summed E-state index contributed by atoms with van der Waals surface area (Å²) in [4.78, 5) is 15.7. The number of nitrogens with zero attached hydrogens (tertiary/aromatic N) is 2. The first-order chi connectivity index (χ1) is 8.48. The van der Waals surface area contributed by atoms with Gasteiger partial charge in [0.1, 0.15) is 0 Å². The van der Waals surface area contributed by atoms with Gasteiger partial charge in [-0.05, 0) is 13.8 Å². The number of amides is 2. The van der Waals surface area contributed by atoms with E-state index in [9.17, 15) is 13.2 Å². The molecule has 2 aliphatic heterocycles. The van der Waals surface area contributed by atoms with E-state index >= 15 is 0 Å². The van der Waals surface area contributed by atoms with Crippen LogP contribution >= 0.6 is 0 Å². The Labute approximate surface area is 108 Å². The normalized spacial score (nSPS) is 30.0. The van der Waals surface area contributed by atoms with Gasteiger partial charge in [0.05, 0.1) is 30.3 Å². The van der Waals surface area contributed by atoms with E-state index in [0.717, 1.165) is 0 Å². The molecule has 2 atom stereocenters. The van der Waals surface area contributed by atoms with E-state index < -0.39 is 9.84 Å². The Kier molecular flexibility index (Phi) is 3.82. The van der Waals surface area contributed by atoms with Gasteiger partial charge in [0, 0.05) is 19.6 Å². The number of carbonyl (C=O) groups excluding carboxylic acids is 1. The first-order valence-corrected chi connectivity index (χ1v) is 8.18. The molecule has 2 rings (SSSR count). The summed E-state index contributed by atoms with van der Waals surface area (Å²) in [5.74, 6) is 0.0738. The summed E-state index contributed by atoms with van der Waals surface area (Å²) in [6, 6.07) is -0.382. The van der Waals surface area contributed by atoms with Gasteiger partial charge in [0.15, 0.2) is 9.84 Å². The van der Waals surface area contributed by atoms with Gasteiger partial charge in [0.2, 0.25) is 0 Å². The van der Waals surface area contributed by atoms with Crippen LogP contribution in [0.25, 0.3) is 0 Å². The maximum atomic E-state index is 12.3. The highest BCUT2D eigenvalue weighted by atomic mass is 32.2. The van der Waals surface area contributed by atoms with Gasteiger partial charge in [-0.25, -0.2) is 13.2 Å². The predicted molar refractivity (Wildman–Crippen MR) is 67.2 cm³/mol. The molecule has 0 radical (unpaired) electrons. The molecule has 0 aliphatic carbocycles. The van der Waals surface area contributed by atoms with Crippen LogP contribution in [0.5, 0.6) is 0 Å². The standard InChI is InChI=1S/C11H20N2O4S/c1-3-12(4-2)11(14)13-5-6-17-10-8-18(15,16)7-9(10)13/h9-10H,3-8H2,1-2H3. The number of ether oxygens (including phenoxy) is 1. The summed E-state index contributed by atoms with van der Waals surface area (Å²) in [6.45, 7) is 6.01. The number of hydrogen-bond donors (Lipinski definition) is 0. The minimum Gasteiger partial charge on any atom is -0.373 e. The van der Waals surface area contributed by atoms with E-state index in [4.69, 9.17) is 4.74 Å². The topological polar surface area (TPSA) is 66.9 Å². The molecular formula is C11H20N2O4S. The average Bonchev–Trinajstić information content (AvgIpc) is 2.63. The van der Waals surface area contributed by atoms with Gasteiger partial charge < -0.3 is 14.5 Å². The van der Waals surface area contributed by atoms with Gasteiger partial charge in [-0.1, -0.05) is 0 Å². The zero-order chi connectivity index (χ0) is 13.3. The largest absolute Gasteiger partial charge is 0.373 e. The summed E-state index contributed by atoms with van der Waals surface area (Å²) in [5.41, 5.74) is 0. The van der Waals surface area contributed by atoms with Crippen LogP contribution in [0, 0.1) is 0 Å². The van der Waals surface area contributed by atoms with E-state index in [1.165, 1.54) is 0 Å². The average molecular weight is 276 g/mol. The quantitative estimate of drug-likeness (QED) is 0.709. The van der Waals surface area contributed by atoms with Crippen LogP contribution in [0.4, 0.5) is 4.79 Å². The first-order valence-electron chi connectivity index (χ1n) is 6.36. The highest BCUT2D eigenvalue weighted by Gasteiger charge is 2.46. The van der Waals surface area contributed by atoms with Gasteiger partial charge in [-0.2, -0.15) is 0 Å². The van der Waals surface area contributed by atoms with Crippen molar-refractivity contribution >= 4 is 15.9 Å². The molecule has 2 saturated heterocycles. The lowest BCUT2D eigenvalue weighted by molar-refractivity contribution is -0.0341. The molecule has 18 heavy (non-hydrogen) atoms. The van der Waals surface area contributed by atoms with Crippen LogP contribution in [0.1, 0.15) is 13.8 Å². The Hall–Kier alpha value is -0.820. The molecule has 0 aromatic carbocycles. The van der Waals surface area contributed by atoms with E-state index in [0.29, 0.717) is 26.2 Å². The van der Waals surface area contributed by atoms with Crippen molar-refractivity contribution in [2.45, 2.75) is 26.0 Å². The number of hydrogen-bond acceptors (Lipinski definition) is 4. The Morgan fingerprint density at radius 1 is 1.33 bits per heavy atom. The SMILES string of the molecule is CCN(CC)C(=O)N1CCOC2CS(=O)(=O)CC21. The lowest BCUT2D eigenvalue weighted by Crippen LogP contribution is -2.56. The molecule has 2 amide bonds. The van der Waals surface area contributed by atoms with Crippen molar-refractivity contribution < 1.29 is 17.9 Å². The van der Waals surface area contributed by atoms with Crippen LogP contribution in [0.2, 0.25) is 0 Å². The smallest absolute Gasteiger partial charge is 0.320 e. The second-order valence-corrected chi connectivity index (χ2v) is 6.86. The maximum Gasteiger partial charge on any atom is 0.320 e. The number of morpholine rings is 1. The molecular weight excluding hydrogens is 256 g/mol. The second-order valence-electron chi connectivity index (χ2n) is 4.70. The number of carbonyl (C=O) groups is 1. The molecule has 6 nitrogen and oxygen atoms in total. The molecule has 2 heterocycles. The second kappa shape index (κ2) is 5.05. The van der Waals surface area contributed by atoms with Gasteiger partial charge in [-0.3, -0.25) is 0 Å². The van der Waals surface area contributed by atoms with Crippen LogP contribution in [-0.4, -0.2) is 74.1 Å². The zero-order valence-electron chi connectivity index (χ0n) is 10.8. The third-order valence-electron chi connectivity index (χ3n) is 3.62. The van der Waals surface area contributed by atoms with Crippen LogP contribution in [0.3, 0.4) is 0 Å². The zero-order valence-corrected chi connectivity index (χ0v) is 11.6. The van der Waals surface area contributed by atoms with Crippen molar-refractivity contribution in [2.24, 2.45) is 0 Å². The lowest BCUT2D eigenvalue weighted by Gasteiger charge is -2.39. The van der Waals surface area contributed by atoms with Crippen molar-refractivity contribution in [3.8, 4) is 0 Å². The number of urea groups is 1. The van der Waals surface area contributed by atoms with Gasteiger partial charge >= 0.3 is 6.03 Å². The predicted octanol–water partition coefficient (Wildman–Crippen LogP) is -0.0540. The fraction of sp³-hybridized carbons (Fsp3) is 0.909. The first kappa shape index (κ1) is 13.6. The van der Waals surface area contributed by atoms with Gasteiger partial charge in [0.25, 0.3) is 0 Å². The molecule has 2 fully saturated rings. The Balaban J connectivity index is 2.15. The third-order valence-corrected chi connectivity index (χ3v) is 5.30. The molecule has 0 aromatic heterocycles. The number of sulfone groups is 1. The third kappa shape index (κ3) is 2.47. The van der Waals surface area contributed by atoms with Gasteiger partial charge in [-0.15, -0.1) is 0 Å². The van der Waals surface area contributed by atoms with E-state index in [1.54, 1.807) is 9.80 Å². The van der Waals surface area contributed by atoms with Crippen molar-refractivity contribution in [1.29, 1.82) is 0 Å². The molecule has 0 saturated carbocycles. The summed E-state index contributed by atoms with van der Waals surface area (Å²) < 4.78 is 28.8. The minimum atomic E-state index is -3.07. The summed E-state index contributed by atoms with van der Waals surface area (Å²) in [5, 5.41) is 0. The Bertz CT molecular complexity index is 419. The minimum absolute atomic E-state index is 0.0324. The van der Waals surface area contributed by atoms with Crippen molar-refractivity contribution in [1.82, 2.24) is 9.80 Å². The van der Waals surface area contributed by atoms with Crippen molar-refractivity contribution in [3.05, 3.63) is 0 Å². The van der Waals surface area contributed by atoms with E-state index in [2.05, 4.69) is 0 Å². The molecule has 0 bridgehead atoms. The monoisotopic (exact) mass is 276 g/mol. The highest BCUT2D eigenvalue weighted by molar-refractivity contribution is 7.91. The summed E-state index contributed by atoms with van der Waals surface area (Å²) >= 11 is 0. The molecule has 104 valence electrons. The summed E-state index contributed by atoms with van der Waals surface area (Å²) in [7, 11) is -3.07. The lowest BCUT2D eigenvalue weighted by atomic mass is 10.1. The molecule has 0 N–H and O–H groups in total. The molecule has 2 aliphatic rings. The Morgan fingerprint density at radius 3 is 2.61 bits per heavy atom. The summed E-state index contributed by atoms with van der Waals surface area (Å²) in [6.07, 6.45) is -0.344. The number of fused-ring (bicyclic) bond motifs is 1. The van der Waals surface area contributed by atoms with E-state index in [1.807, 2.05) is 13.8 Å². The highest BCUT2D eigenvalue weighted by Crippen LogP contribution is 2.25. The molecule has 2 unspecified atom stereocenters. The molecule has 7 heteroatoms. The Morgan fingerprint density at radius 2 is 2.00 bits per heavy atom. The fourth-order valence-electron chi connectivity index (χ4n) is 2.63. The van der Waals surface area contributed by atoms with Crippen LogP contribution < -0.4 is 0 Å². The van der Waals surface area contributed by atoms with Crippen molar-refractivity contribution in [2.75, 3.05) is 37.7 Å². The number of rotatable bonds is 2. The van der Waals surface area contributed by atoms with E-state index in [-0.39, 0.29) is 29.7 Å².